The first kappa shape index (κ1) is 16.5. The van der Waals surface area contributed by atoms with E-state index < -0.39 is 0 Å². The molecule has 0 radical (unpaired) electrons. The van der Waals surface area contributed by atoms with E-state index in [4.69, 9.17) is 10.00 Å². The summed E-state index contributed by atoms with van der Waals surface area (Å²) in [6.07, 6.45) is 2.48. The highest BCUT2D eigenvalue weighted by atomic mass is 16.5. The van der Waals surface area contributed by atoms with Crippen LogP contribution in [0.5, 0.6) is 5.75 Å². The first-order valence-corrected chi connectivity index (χ1v) is 7.98. The Labute approximate surface area is 145 Å². The van der Waals surface area contributed by atoms with Gasteiger partial charge >= 0.3 is 0 Å². The zero-order valence-electron chi connectivity index (χ0n) is 13.6. The molecule has 1 N–H and O–H groups in total. The van der Waals surface area contributed by atoms with Crippen molar-refractivity contribution in [1.82, 2.24) is 10.3 Å². The van der Waals surface area contributed by atoms with Gasteiger partial charge in [-0.05, 0) is 42.3 Å². The van der Waals surface area contributed by atoms with Crippen molar-refractivity contribution >= 4 is 16.8 Å². The summed E-state index contributed by atoms with van der Waals surface area (Å²) < 4.78 is 5.41. The minimum absolute atomic E-state index is 0.0559. The standard InChI is InChI=1S/C20H17N3O2/c21-13-15-6-8-18(9-7-15)25-14-19(24)22-12-10-17-4-1-3-16-5-2-11-23-20(16)17/h1-9,11H,10,12,14H2,(H,22,24). The van der Waals surface area contributed by atoms with Gasteiger partial charge in [0, 0.05) is 18.1 Å². The van der Waals surface area contributed by atoms with Crippen LogP contribution in [0.2, 0.25) is 0 Å². The molecule has 0 saturated heterocycles. The van der Waals surface area contributed by atoms with Gasteiger partial charge in [-0.2, -0.15) is 5.26 Å². The molecule has 0 fully saturated rings. The Kier molecular flexibility index (Phi) is 5.22. The lowest BCUT2D eigenvalue weighted by atomic mass is 10.1. The number of para-hydroxylation sites is 1. The van der Waals surface area contributed by atoms with Crippen LogP contribution in [0.1, 0.15) is 11.1 Å². The molecule has 0 aliphatic rings. The van der Waals surface area contributed by atoms with Gasteiger partial charge in [0.05, 0.1) is 17.1 Å². The molecular weight excluding hydrogens is 314 g/mol. The van der Waals surface area contributed by atoms with Crippen LogP contribution in [-0.2, 0) is 11.2 Å². The number of ether oxygens (including phenoxy) is 1. The molecular formula is C20H17N3O2. The van der Waals surface area contributed by atoms with Crippen LogP contribution < -0.4 is 10.1 Å². The molecule has 25 heavy (non-hydrogen) atoms. The number of nitriles is 1. The van der Waals surface area contributed by atoms with Gasteiger partial charge in [-0.1, -0.05) is 24.3 Å². The summed E-state index contributed by atoms with van der Waals surface area (Å²) in [6.45, 7) is 0.463. The van der Waals surface area contributed by atoms with Gasteiger partial charge in [0.2, 0.25) is 0 Å². The number of hydrogen-bond acceptors (Lipinski definition) is 4. The van der Waals surface area contributed by atoms with Crippen molar-refractivity contribution in [3.8, 4) is 11.8 Å². The molecule has 0 bridgehead atoms. The number of hydrogen-bond donors (Lipinski definition) is 1. The zero-order chi connectivity index (χ0) is 17.5. The summed E-state index contributed by atoms with van der Waals surface area (Å²) >= 11 is 0. The Balaban J connectivity index is 1.48. The highest BCUT2D eigenvalue weighted by Crippen LogP contribution is 2.16. The minimum Gasteiger partial charge on any atom is -0.484 e. The second-order valence-corrected chi connectivity index (χ2v) is 5.52. The number of carbonyl (C=O) groups is 1. The van der Waals surface area contributed by atoms with Crippen LogP contribution in [0.25, 0.3) is 10.9 Å². The fourth-order valence-electron chi connectivity index (χ4n) is 2.53. The molecule has 1 heterocycles. The smallest absolute Gasteiger partial charge is 0.257 e. The van der Waals surface area contributed by atoms with E-state index in [9.17, 15) is 4.79 Å². The van der Waals surface area contributed by atoms with Gasteiger partial charge in [-0.3, -0.25) is 9.78 Å². The molecule has 5 heteroatoms. The molecule has 3 aromatic rings. The van der Waals surface area contributed by atoms with Crippen molar-refractivity contribution < 1.29 is 9.53 Å². The monoisotopic (exact) mass is 331 g/mol. The fourth-order valence-corrected chi connectivity index (χ4v) is 2.53. The van der Waals surface area contributed by atoms with Gasteiger partial charge in [0.15, 0.2) is 6.61 Å². The van der Waals surface area contributed by atoms with Gasteiger partial charge in [0.25, 0.3) is 5.91 Å². The highest BCUT2D eigenvalue weighted by molar-refractivity contribution is 5.81. The molecule has 0 unspecified atom stereocenters. The van der Waals surface area contributed by atoms with Crippen LogP contribution in [-0.4, -0.2) is 24.0 Å². The van der Waals surface area contributed by atoms with Gasteiger partial charge in [0.1, 0.15) is 5.75 Å². The molecule has 5 nitrogen and oxygen atoms in total. The number of nitrogens with zero attached hydrogens (tertiary/aromatic N) is 2. The summed E-state index contributed by atoms with van der Waals surface area (Å²) in [5.74, 6) is 0.380. The number of aromatic nitrogens is 1. The Bertz CT molecular complexity index is 909. The number of fused-ring (bicyclic) bond motifs is 1. The van der Waals surface area contributed by atoms with Crippen molar-refractivity contribution in [3.05, 3.63) is 71.9 Å². The molecule has 0 spiro atoms. The predicted molar refractivity (Wildman–Crippen MR) is 95.1 cm³/mol. The molecule has 0 saturated carbocycles. The second kappa shape index (κ2) is 7.93. The number of rotatable bonds is 6. The molecule has 3 rings (SSSR count). The van der Waals surface area contributed by atoms with E-state index in [-0.39, 0.29) is 12.5 Å². The first-order valence-electron chi connectivity index (χ1n) is 7.98. The largest absolute Gasteiger partial charge is 0.484 e. The SMILES string of the molecule is N#Cc1ccc(OCC(=O)NCCc2cccc3cccnc23)cc1. The Morgan fingerprint density at radius 1 is 1.12 bits per heavy atom. The molecule has 124 valence electrons. The molecule has 1 amide bonds. The highest BCUT2D eigenvalue weighted by Gasteiger charge is 2.05. The molecule has 2 aromatic carbocycles. The van der Waals surface area contributed by atoms with E-state index in [1.165, 1.54) is 0 Å². The predicted octanol–water partition coefficient (Wildman–Crippen LogP) is 2.84. The third kappa shape index (κ3) is 4.33. The summed E-state index contributed by atoms with van der Waals surface area (Å²) in [5.41, 5.74) is 2.62. The number of amides is 1. The maximum Gasteiger partial charge on any atom is 0.257 e. The van der Waals surface area contributed by atoms with Crippen LogP contribution in [0.15, 0.2) is 60.8 Å². The summed E-state index contributed by atoms with van der Waals surface area (Å²) in [7, 11) is 0. The lowest BCUT2D eigenvalue weighted by Crippen LogP contribution is -2.30. The van der Waals surface area contributed by atoms with Crippen LogP contribution >= 0.6 is 0 Å². The zero-order valence-corrected chi connectivity index (χ0v) is 13.6. The Hall–Kier alpha value is -3.39. The van der Waals surface area contributed by atoms with E-state index >= 15 is 0 Å². The average Bonchev–Trinajstić information content (AvgIpc) is 2.67. The van der Waals surface area contributed by atoms with Crippen molar-refractivity contribution in [2.45, 2.75) is 6.42 Å². The average molecular weight is 331 g/mol. The molecule has 0 aliphatic carbocycles. The lowest BCUT2D eigenvalue weighted by molar-refractivity contribution is -0.123. The normalized spacial score (nSPS) is 10.2. The van der Waals surface area contributed by atoms with E-state index in [2.05, 4.69) is 10.3 Å². The number of carbonyl (C=O) groups excluding carboxylic acids is 1. The third-order valence-corrected chi connectivity index (χ3v) is 3.79. The maximum atomic E-state index is 11.9. The van der Waals surface area contributed by atoms with Gasteiger partial charge < -0.3 is 10.1 Å². The van der Waals surface area contributed by atoms with Crippen LogP contribution in [0.3, 0.4) is 0 Å². The van der Waals surface area contributed by atoms with Crippen molar-refractivity contribution in [2.75, 3.05) is 13.2 Å². The lowest BCUT2D eigenvalue weighted by Gasteiger charge is -2.09. The Morgan fingerprint density at radius 3 is 2.72 bits per heavy atom. The van der Waals surface area contributed by atoms with E-state index in [0.717, 1.165) is 16.5 Å². The van der Waals surface area contributed by atoms with E-state index in [0.29, 0.717) is 24.3 Å². The topological polar surface area (TPSA) is 75.0 Å². The molecule has 1 aromatic heterocycles. The van der Waals surface area contributed by atoms with Crippen molar-refractivity contribution in [2.24, 2.45) is 0 Å². The molecule has 0 atom stereocenters. The van der Waals surface area contributed by atoms with Crippen LogP contribution in [0, 0.1) is 11.3 Å². The number of nitrogens with one attached hydrogen (secondary N) is 1. The fraction of sp³-hybridized carbons (Fsp3) is 0.150. The van der Waals surface area contributed by atoms with E-state index in [1.807, 2.05) is 36.4 Å². The first-order chi connectivity index (χ1) is 12.3. The quantitative estimate of drug-likeness (QED) is 0.753. The van der Waals surface area contributed by atoms with E-state index in [1.54, 1.807) is 30.5 Å². The van der Waals surface area contributed by atoms with Crippen molar-refractivity contribution in [3.63, 3.8) is 0 Å². The summed E-state index contributed by atoms with van der Waals surface area (Å²) in [6, 6.07) is 18.7. The number of pyridine rings is 1. The van der Waals surface area contributed by atoms with Crippen molar-refractivity contribution in [1.29, 1.82) is 5.26 Å². The van der Waals surface area contributed by atoms with Gasteiger partial charge in [-0.15, -0.1) is 0 Å². The third-order valence-electron chi connectivity index (χ3n) is 3.79. The number of benzene rings is 2. The van der Waals surface area contributed by atoms with Gasteiger partial charge in [-0.25, -0.2) is 0 Å². The summed E-state index contributed by atoms with van der Waals surface area (Å²) in [5, 5.41) is 12.7. The maximum absolute atomic E-state index is 11.9. The molecule has 0 aliphatic heterocycles. The Morgan fingerprint density at radius 2 is 1.92 bits per heavy atom. The second-order valence-electron chi connectivity index (χ2n) is 5.52. The summed E-state index contributed by atoms with van der Waals surface area (Å²) in [4.78, 5) is 16.3. The minimum atomic E-state index is -0.183. The van der Waals surface area contributed by atoms with Crippen LogP contribution in [0.4, 0.5) is 0 Å².